The Morgan fingerprint density at radius 1 is 0.500 bits per heavy atom. The standard InChI is InChI=1S/C51H101NO8/c1-3-5-7-8-9-10-11-12-13-14-15-16-17-18-19-20-21-22-23-24-25-26-27-28-29-30-31-32-33-34-35-36-37-39-41-47(55)52-44(45(54)40-38-6-4-2)43-59-51-50(58)49(57)48(56)46(42-53)60-51/h44-46,48-51,53-54,56-58H,3-43H2,1-2H3,(H,52,55). The fourth-order valence-electron chi connectivity index (χ4n) is 8.75. The van der Waals surface area contributed by atoms with E-state index in [1.165, 1.54) is 199 Å². The molecule has 1 fully saturated rings. The molecule has 0 aromatic rings. The maximum Gasteiger partial charge on any atom is 0.220 e. The lowest BCUT2D eigenvalue weighted by Crippen LogP contribution is -2.60. The van der Waals surface area contributed by atoms with Crippen LogP contribution in [0.2, 0.25) is 0 Å². The molecule has 0 aliphatic carbocycles. The zero-order chi connectivity index (χ0) is 43.7. The Morgan fingerprint density at radius 3 is 1.18 bits per heavy atom. The molecule has 0 bridgehead atoms. The zero-order valence-electron chi connectivity index (χ0n) is 39.5. The second-order valence-corrected chi connectivity index (χ2v) is 18.7. The monoisotopic (exact) mass is 856 g/mol. The lowest BCUT2D eigenvalue weighted by molar-refractivity contribution is -0.302. The molecule has 1 amide bonds. The summed E-state index contributed by atoms with van der Waals surface area (Å²) in [6.07, 6.45) is 42.6. The molecule has 0 aromatic heterocycles. The van der Waals surface area contributed by atoms with Gasteiger partial charge in [0.2, 0.25) is 5.91 Å². The quantitative estimate of drug-likeness (QED) is 0.0332. The molecule has 1 saturated heterocycles. The predicted octanol–water partition coefficient (Wildman–Crippen LogP) is 11.9. The Hall–Kier alpha value is -0.810. The minimum absolute atomic E-state index is 0.137. The van der Waals surface area contributed by atoms with Crippen LogP contribution in [0.3, 0.4) is 0 Å². The van der Waals surface area contributed by atoms with Crippen molar-refractivity contribution in [2.75, 3.05) is 13.2 Å². The van der Waals surface area contributed by atoms with Crippen molar-refractivity contribution in [2.24, 2.45) is 0 Å². The van der Waals surface area contributed by atoms with Gasteiger partial charge in [-0.15, -0.1) is 0 Å². The molecule has 1 aliphatic heterocycles. The summed E-state index contributed by atoms with van der Waals surface area (Å²) in [5.74, 6) is -0.150. The minimum Gasteiger partial charge on any atom is -0.394 e. The number of hydrogen-bond acceptors (Lipinski definition) is 8. The van der Waals surface area contributed by atoms with Crippen LogP contribution in [0, 0.1) is 0 Å². The Morgan fingerprint density at radius 2 is 0.833 bits per heavy atom. The van der Waals surface area contributed by atoms with Gasteiger partial charge in [0.15, 0.2) is 6.29 Å². The highest BCUT2D eigenvalue weighted by atomic mass is 16.7. The van der Waals surface area contributed by atoms with Gasteiger partial charge in [0, 0.05) is 6.42 Å². The average Bonchev–Trinajstić information content (AvgIpc) is 3.25. The van der Waals surface area contributed by atoms with Gasteiger partial charge < -0.3 is 40.3 Å². The van der Waals surface area contributed by atoms with Gasteiger partial charge >= 0.3 is 0 Å². The molecule has 9 nitrogen and oxygen atoms in total. The number of carbonyl (C=O) groups excluding carboxylic acids is 1. The first-order valence-electron chi connectivity index (χ1n) is 26.2. The number of amides is 1. The number of carbonyl (C=O) groups is 1. The van der Waals surface area contributed by atoms with Gasteiger partial charge in [-0.1, -0.05) is 245 Å². The minimum atomic E-state index is -1.55. The first-order chi connectivity index (χ1) is 29.3. The first kappa shape index (κ1) is 57.2. The summed E-state index contributed by atoms with van der Waals surface area (Å²) in [5.41, 5.74) is 0. The van der Waals surface area contributed by atoms with Crippen molar-refractivity contribution in [1.29, 1.82) is 0 Å². The van der Waals surface area contributed by atoms with Gasteiger partial charge in [0.1, 0.15) is 24.4 Å². The lowest BCUT2D eigenvalue weighted by atomic mass is 9.99. The van der Waals surface area contributed by atoms with Crippen LogP contribution in [0.4, 0.5) is 0 Å². The van der Waals surface area contributed by atoms with E-state index in [9.17, 15) is 30.3 Å². The van der Waals surface area contributed by atoms with Gasteiger partial charge in [-0.2, -0.15) is 0 Å². The fraction of sp³-hybridized carbons (Fsp3) is 0.980. The average molecular weight is 856 g/mol. The molecule has 0 saturated carbocycles. The van der Waals surface area contributed by atoms with E-state index in [4.69, 9.17) is 9.47 Å². The molecule has 7 unspecified atom stereocenters. The topological polar surface area (TPSA) is 149 Å². The predicted molar refractivity (Wildman–Crippen MR) is 249 cm³/mol. The lowest BCUT2D eigenvalue weighted by Gasteiger charge is -2.40. The van der Waals surface area contributed by atoms with E-state index in [1.54, 1.807) is 0 Å². The highest BCUT2D eigenvalue weighted by Crippen LogP contribution is 2.23. The smallest absolute Gasteiger partial charge is 0.220 e. The van der Waals surface area contributed by atoms with Crippen LogP contribution in [0.15, 0.2) is 0 Å². The van der Waals surface area contributed by atoms with E-state index in [1.807, 2.05) is 0 Å². The molecule has 0 aromatic carbocycles. The van der Waals surface area contributed by atoms with Crippen LogP contribution in [-0.4, -0.2) is 87.5 Å². The first-order valence-corrected chi connectivity index (χ1v) is 26.2. The van der Waals surface area contributed by atoms with Crippen LogP contribution < -0.4 is 5.32 Å². The largest absolute Gasteiger partial charge is 0.394 e. The van der Waals surface area contributed by atoms with Crippen molar-refractivity contribution in [2.45, 2.75) is 307 Å². The summed E-state index contributed by atoms with van der Waals surface area (Å²) in [6, 6.07) is -0.708. The van der Waals surface area contributed by atoms with Gasteiger partial charge in [-0.25, -0.2) is 0 Å². The van der Waals surface area contributed by atoms with Crippen LogP contribution in [0.5, 0.6) is 0 Å². The normalized spacial score (nSPS) is 20.4. The molecule has 9 heteroatoms. The van der Waals surface area contributed by atoms with Crippen LogP contribution in [0.25, 0.3) is 0 Å². The van der Waals surface area contributed by atoms with Crippen molar-refractivity contribution in [3.63, 3.8) is 0 Å². The van der Waals surface area contributed by atoms with E-state index < -0.39 is 49.5 Å². The molecule has 1 heterocycles. The number of hydrogen-bond donors (Lipinski definition) is 6. The van der Waals surface area contributed by atoms with Gasteiger partial charge in [0.25, 0.3) is 0 Å². The fourth-order valence-corrected chi connectivity index (χ4v) is 8.75. The molecule has 7 atom stereocenters. The summed E-state index contributed by atoms with van der Waals surface area (Å²) >= 11 is 0. The van der Waals surface area contributed by atoms with Crippen molar-refractivity contribution >= 4 is 5.91 Å². The molecule has 1 aliphatic rings. The zero-order valence-corrected chi connectivity index (χ0v) is 39.5. The summed E-state index contributed by atoms with van der Waals surface area (Å²) < 4.78 is 11.1. The Balaban J connectivity index is 1.91. The Bertz CT molecular complexity index is 908. The van der Waals surface area contributed by atoms with E-state index in [0.29, 0.717) is 12.8 Å². The number of aliphatic hydroxyl groups excluding tert-OH is 5. The third-order valence-corrected chi connectivity index (χ3v) is 13.0. The Kier molecular flexibility index (Phi) is 40.2. The molecule has 0 spiro atoms. The third kappa shape index (κ3) is 31.9. The van der Waals surface area contributed by atoms with Crippen LogP contribution in [0.1, 0.15) is 264 Å². The van der Waals surface area contributed by atoms with E-state index >= 15 is 0 Å². The van der Waals surface area contributed by atoms with Crippen molar-refractivity contribution in [3.8, 4) is 0 Å². The SMILES string of the molecule is CCCCCCCCCCCCCCCCCCCCCCCCCCCCCCCCCCCCC(=O)NC(COC1OC(CO)C(O)C(O)C1O)C(O)CCCCC. The maximum atomic E-state index is 12.8. The van der Waals surface area contributed by atoms with Crippen molar-refractivity contribution in [3.05, 3.63) is 0 Å². The van der Waals surface area contributed by atoms with Crippen LogP contribution in [-0.2, 0) is 14.3 Å². The van der Waals surface area contributed by atoms with Gasteiger partial charge in [0.05, 0.1) is 25.4 Å². The number of aliphatic hydroxyl groups is 5. The number of ether oxygens (including phenoxy) is 2. The molecule has 6 N–H and O–H groups in total. The van der Waals surface area contributed by atoms with E-state index in [0.717, 1.165) is 38.5 Å². The molecular formula is C51H101NO8. The third-order valence-electron chi connectivity index (χ3n) is 13.0. The molecular weight excluding hydrogens is 755 g/mol. The highest BCUT2D eigenvalue weighted by molar-refractivity contribution is 5.76. The van der Waals surface area contributed by atoms with Gasteiger partial charge in [-0.3, -0.25) is 4.79 Å². The van der Waals surface area contributed by atoms with E-state index in [2.05, 4.69) is 19.2 Å². The number of rotatable bonds is 45. The molecule has 60 heavy (non-hydrogen) atoms. The number of nitrogens with one attached hydrogen (secondary N) is 1. The van der Waals surface area contributed by atoms with E-state index in [-0.39, 0.29) is 12.5 Å². The molecule has 0 radical (unpaired) electrons. The summed E-state index contributed by atoms with van der Waals surface area (Å²) in [4.78, 5) is 12.8. The molecule has 358 valence electrons. The Labute approximate surface area is 370 Å². The number of unbranched alkanes of at least 4 members (excludes halogenated alkanes) is 35. The van der Waals surface area contributed by atoms with Crippen molar-refractivity contribution in [1.82, 2.24) is 5.32 Å². The summed E-state index contributed by atoms with van der Waals surface area (Å²) in [5, 5.41) is 53.6. The second kappa shape index (κ2) is 42.2. The maximum absolute atomic E-state index is 12.8. The highest BCUT2D eigenvalue weighted by Gasteiger charge is 2.44. The van der Waals surface area contributed by atoms with Gasteiger partial charge in [-0.05, 0) is 12.8 Å². The van der Waals surface area contributed by atoms with Crippen molar-refractivity contribution < 1.29 is 39.8 Å². The second-order valence-electron chi connectivity index (χ2n) is 18.7. The molecule has 1 rings (SSSR count). The summed E-state index contributed by atoms with van der Waals surface area (Å²) in [6.45, 7) is 3.69. The summed E-state index contributed by atoms with van der Waals surface area (Å²) in [7, 11) is 0. The van der Waals surface area contributed by atoms with Crippen LogP contribution >= 0.6 is 0 Å².